The van der Waals surface area contributed by atoms with Crippen molar-refractivity contribution in [1.29, 1.82) is 0 Å². The van der Waals surface area contributed by atoms with E-state index in [0.29, 0.717) is 24.6 Å². The number of rotatable bonds is 2. The van der Waals surface area contributed by atoms with E-state index in [1.807, 2.05) is 33.8 Å². The molecule has 1 fully saturated rings. The second-order valence-electron chi connectivity index (χ2n) is 6.81. The highest BCUT2D eigenvalue weighted by Gasteiger charge is 2.39. The van der Waals surface area contributed by atoms with Crippen LogP contribution in [0.25, 0.3) is 5.65 Å². The summed E-state index contributed by atoms with van der Waals surface area (Å²) in [5.41, 5.74) is -0.180. The van der Waals surface area contributed by atoms with Crippen molar-refractivity contribution in [2.75, 3.05) is 18.0 Å². The van der Waals surface area contributed by atoms with Gasteiger partial charge in [-0.3, -0.25) is 0 Å². The molecule has 118 valence electrons. The second kappa shape index (κ2) is 4.64. The molecular weight excluding hydrogens is 286 g/mol. The van der Waals surface area contributed by atoms with Crippen molar-refractivity contribution < 1.29 is 9.66 Å². The first kappa shape index (κ1) is 14.7. The number of anilines is 1. The molecule has 3 rings (SSSR count). The summed E-state index contributed by atoms with van der Waals surface area (Å²) < 4.78 is 7.32. The SMILES string of the molecule is CC1(C)CN(c2ccc3ncc([N+](=O)[O-])n3n2)CC(C)(C)O1. The van der Waals surface area contributed by atoms with Crippen LogP contribution in [0.5, 0.6) is 0 Å². The molecule has 22 heavy (non-hydrogen) atoms. The summed E-state index contributed by atoms with van der Waals surface area (Å²) >= 11 is 0. The van der Waals surface area contributed by atoms with E-state index >= 15 is 0 Å². The fourth-order valence-corrected chi connectivity index (χ4v) is 3.09. The molecule has 0 radical (unpaired) electrons. The Bertz CT molecular complexity index is 721. The molecule has 0 atom stereocenters. The Labute approximate surface area is 127 Å². The average molecular weight is 305 g/mol. The maximum Gasteiger partial charge on any atom is 0.368 e. The van der Waals surface area contributed by atoms with Crippen LogP contribution in [0.4, 0.5) is 11.6 Å². The van der Waals surface area contributed by atoms with E-state index in [1.165, 1.54) is 10.7 Å². The van der Waals surface area contributed by atoms with Crippen molar-refractivity contribution in [3.8, 4) is 0 Å². The fourth-order valence-electron chi connectivity index (χ4n) is 3.09. The molecule has 1 aliphatic heterocycles. The minimum absolute atomic E-state index is 0.136. The van der Waals surface area contributed by atoms with Gasteiger partial charge in [-0.1, -0.05) is 9.61 Å². The number of nitro groups is 1. The monoisotopic (exact) mass is 305 g/mol. The van der Waals surface area contributed by atoms with Crippen LogP contribution in [0, 0.1) is 10.1 Å². The first-order chi connectivity index (χ1) is 10.2. The van der Waals surface area contributed by atoms with Gasteiger partial charge in [0, 0.05) is 19.2 Å². The Morgan fingerprint density at radius 3 is 2.45 bits per heavy atom. The Kier molecular flexibility index (Phi) is 3.10. The summed E-state index contributed by atoms with van der Waals surface area (Å²) in [5, 5.41) is 15.4. The molecule has 3 heterocycles. The molecule has 0 unspecified atom stereocenters. The smallest absolute Gasteiger partial charge is 0.366 e. The lowest BCUT2D eigenvalue weighted by Crippen LogP contribution is -2.57. The quantitative estimate of drug-likeness (QED) is 0.623. The summed E-state index contributed by atoms with van der Waals surface area (Å²) in [6.07, 6.45) is 1.22. The van der Waals surface area contributed by atoms with Crippen LogP contribution in [0.2, 0.25) is 0 Å². The molecular formula is C14H19N5O3. The van der Waals surface area contributed by atoms with Crippen LogP contribution < -0.4 is 4.90 Å². The van der Waals surface area contributed by atoms with E-state index in [2.05, 4.69) is 15.0 Å². The van der Waals surface area contributed by atoms with Gasteiger partial charge in [-0.2, -0.15) is 0 Å². The zero-order valence-corrected chi connectivity index (χ0v) is 13.1. The molecule has 0 saturated carbocycles. The normalized spacial score (nSPS) is 20.3. The summed E-state index contributed by atoms with van der Waals surface area (Å²) in [6.45, 7) is 9.44. The number of morpholine rings is 1. The molecule has 0 amide bonds. The predicted molar refractivity (Wildman–Crippen MR) is 81.1 cm³/mol. The van der Waals surface area contributed by atoms with Crippen molar-refractivity contribution >= 4 is 17.3 Å². The Morgan fingerprint density at radius 2 is 1.86 bits per heavy atom. The van der Waals surface area contributed by atoms with Crippen molar-refractivity contribution in [2.24, 2.45) is 0 Å². The van der Waals surface area contributed by atoms with Crippen LogP contribution in [0.15, 0.2) is 18.3 Å². The van der Waals surface area contributed by atoms with Crippen LogP contribution in [0.1, 0.15) is 27.7 Å². The fraction of sp³-hybridized carbons (Fsp3) is 0.571. The maximum atomic E-state index is 11.0. The third kappa shape index (κ3) is 2.61. The van der Waals surface area contributed by atoms with E-state index in [-0.39, 0.29) is 17.0 Å². The summed E-state index contributed by atoms with van der Waals surface area (Å²) in [6, 6.07) is 3.58. The van der Waals surface area contributed by atoms with E-state index in [0.717, 1.165) is 0 Å². The molecule has 0 aliphatic carbocycles. The van der Waals surface area contributed by atoms with Gasteiger partial charge < -0.3 is 19.8 Å². The summed E-state index contributed by atoms with van der Waals surface area (Å²) in [7, 11) is 0. The minimum Gasteiger partial charge on any atom is -0.366 e. The van der Waals surface area contributed by atoms with Gasteiger partial charge in [0.05, 0.1) is 11.2 Å². The molecule has 0 bridgehead atoms. The number of hydrogen-bond acceptors (Lipinski definition) is 6. The van der Waals surface area contributed by atoms with Gasteiger partial charge >= 0.3 is 5.82 Å². The first-order valence-electron chi connectivity index (χ1n) is 7.11. The van der Waals surface area contributed by atoms with E-state index in [9.17, 15) is 10.1 Å². The minimum atomic E-state index is -0.482. The van der Waals surface area contributed by atoms with Gasteiger partial charge in [0.1, 0.15) is 6.20 Å². The van der Waals surface area contributed by atoms with Crippen LogP contribution >= 0.6 is 0 Å². The molecule has 1 aliphatic rings. The highest BCUT2D eigenvalue weighted by Crippen LogP contribution is 2.30. The van der Waals surface area contributed by atoms with Crippen molar-refractivity contribution in [3.63, 3.8) is 0 Å². The molecule has 1 saturated heterocycles. The maximum absolute atomic E-state index is 11.0. The average Bonchev–Trinajstić information content (AvgIpc) is 2.77. The molecule has 0 aromatic carbocycles. The third-order valence-corrected chi connectivity index (χ3v) is 3.54. The van der Waals surface area contributed by atoms with Gasteiger partial charge in [0.15, 0.2) is 5.82 Å². The highest BCUT2D eigenvalue weighted by molar-refractivity contribution is 5.50. The van der Waals surface area contributed by atoms with E-state index in [4.69, 9.17) is 4.74 Å². The topological polar surface area (TPSA) is 85.8 Å². The molecule has 8 heteroatoms. The van der Waals surface area contributed by atoms with E-state index < -0.39 is 4.92 Å². The third-order valence-electron chi connectivity index (χ3n) is 3.54. The standard InChI is InChI=1S/C14H19N5O3/c1-13(2)8-17(9-14(3,4)22-13)11-6-5-10-15-7-12(19(20)21)18(10)16-11/h5-7H,8-9H2,1-4H3. The highest BCUT2D eigenvalue weighted by atomic mass is 16.6. The number of nitrogens with zero attached hydrogens (tertiary/aromatic N) is 5. The molecule has 8 nitrogen and oxygen atoms in total. The number of imidazole rings is 1. The molecule has 2 aromatic heterocycles. The second-order valence-corrected chi connectivity index (χ2v) is 6.81. The zero-order valence-electron chi connectivity index (χ0n) is 13.1. The van der Waals surface area contributed by atoms with Gasteiger partial charge in [-0.05, 0) is 38.7 Å². The lowest BCUT2D eigenvalue weighted by Gasteiger charge is -2.47. The van der Waals surface area contributed by atoms with Gasteiger partial charge in [-0.25, -0.2) is 4.98 Å². The zero-order chi connectivity index (χ0) is 16.1. The lowest BCUT2D eigenvalue weighted by molar-refractivity contribution is -0.391. The Balaban J connectivity index is 2.02. The van der Waals surface area contributed by atoms with E-state index in [1.54, 1.807) is 6.07 Å². The number of ether oxygens (including phenoxy) is 1. The largest absolute Gasteiger partial charge is 0.368 e. The summed E-state index contributed by atoms with van der Waals surface area (Å²) in [5.74, 6) is 0.543. The first-order valence-corrected chi connectivity index (χ1v) is 7.11. The molecule has 0 spiro atoms. The van der Waals surface area contributed by atoms with Crippen LogP contribution in [0.3, 0.4) is 0 Å². The Morgan fingerprint density at radius 1 is 1.23 bits per heavy atom. The van der Waals surface area contributed by atoms with Crippen LogP contribution in [-0.4, -0.2) is 43.8 Å². The molecule has 2 aromatic rings. The van der Waals surface area contributed by atoms with Crippen molar-refractivity contribution in [3.05, 3.63) is 28.4 Å². The van der Waals surface area contributed by atoms with Crippen molar-refractivity contribution in [1.82, 2.24) is 14.6 Å². The number of hydrogen-bond donors (Lipinski definition) is 0. The van der Waals surface area contributed by atoms with Gasteiger partial charge in [-0.15, -0.1) is 0 Å². The number of aromatic nitrogens is 3. The van der Waals surface area contributed by atoms with Gasteiger partial charge in [0.25, 0.3) is 0 Å². The van der Waals surface area contributed by atoms with Crippen LogP contribution in [-0.2, 0) is 4.74 Å². The summed E-state index contributed by atoms with van der Waals surface area (Å²) in [4.78, 5) is 16.6. The predicted octanol–water partition coefficient (Wildman–Crippen LogP) is 2.03. The van der Waals surface area contributed by atoms with Crippen molar-refractivity contribution in [2.45, 2.75) is 38.9 Å². The number of fused-ring (bicyclic) bond motifs is 1. The molecule has 0 N–H and O–H groups in total. The Hall–Kier alpha value is -2.22. The van der Waals surface area contributed by atoms with Gasteiger partial charge in [0.2, 0.25) is 5.65 Å². The lowest BCUT2D eigenvalue weighted by atomic mass is 9.99.